The predicted molar refractivity (Wildman–Crippen MR) is 78.8 cm³/mol. The van der Waals surface area contributed by atoms with E-state index in [9.17, 15) is 10.1 Å². The molecule has 1 aromatic heterocycles. The summed E-state index contributed by atoms with van der Waals surface area (Å²) in [6, 6.07) is 7.72. The van der Waals surface area contributed by atoms with Crippen LogP contribution < -0.4 is 10.5 Å². The van der Waals surface area contributed by atoms with Crippen molar-refractivity contribution in [1.29, 1.82) is 0 Å². The van der Waals surface area contributed by atoms with Gasteiger partial charge in [-0.1, -0.05) is 17.7 Å². The average molecular weight is 359 g/mol. The number of para-hydroxylation sites is 1. The van der Waals surface area contributed by atoms with E-state index in [1.807, 2.05) is 0 Å². The number of benzene rings is 1. The predicted octanol–water partition coefficient (Wildman–Crippen LogP) is 3.57. The zero-order valence-electron chi connectivity index (χ0n) is 10.0. The number of nitrogen functional groups attached to an aromatic ring is 1. The van der Waals surface area contributed by atoms with Gasteiger partial charge >= 0.3 is 5.69 Å². The summed E-state index contributed by atoms with van der Waals surface area (Å²) in [5.74, 6) is 0.424. The van der Waals surface area contributed by atoms with E-state index in [-0.39, 0.29) is 18.0 Å². The lowest BCUT2D eigenvalue weighted by Crippen LogP contribution is -2.03. The Morgan fingerprint density at radius 3 is 2.85 bits per heavy atom. The first kappa shape index (κ1) is 14.5. The molecule has 8 heteroatoms. The first-order chi connectivity index (χ1) is 9.49. The largest absolute Gasteiger partial charge is 0.479 e. The lowest BCUT2D eigenvalue weighted by molar-refractivity contribution is -0.386. The molecular weight excluding hydrogens is 350 g/mol. The molecule has 0 fully saturated rings. The number of nitro benzene ring substituents is 1. The fourth-order valence-electron chi connectivity index (χ4n) is 1.53. The van der Waals surface area contributed by atoms with Gasteiger partial charge in [0.25, 0.3) is 0 Å². The number of nitrogens with zero attached hydrogens (tertiary/aromatic N) is 2. The molecule has 0 atom stereocenters. The Kier molecular flexibility index (Phi) is 4.41. The number of hydrogen-bond acceptors (Lipinski definition) is 5. The molecule has 1 aromatic carbocycles. The summed E-state index contributed by atoms with van der Waals surface area (Å²) in [6.45, 7) is -0.0205. The van der Waals surface area contributed by atoms with Gasteiger partial charge in [-0.2, -0.15) is 0 Å². The topological polar surface area (TPSA) is 91.3 Å². The molecule has 6 nitrogen and oxygen atoms in total. The number of ether oxygens (including phenoxy) is 1. The summed E-state index contributed by atoms with van der Waals surface area (Å²) in [7, 11) is 0. The second kappa shape index (κ2) is 6.06. The zero-order valence-corrected chi connectivity index (χ0v) is 12.4. The smallest absolute Gasteiger partial charge is 0.312 e. The lowest BCUT2D eigenvalue weighted by atomic mass is 10.3. The number of nitrogens with two attached hydrogens (primary N) is 1. The van der Waals surface area contributed by atoms with Crippen LogP contribution in [0, 0.1) is 10.1 Å². The van der Waals surface area contributed by atoms with Gasteiger partial charge in [0.2, 0.25) is 5.75 Å². The summed E-state index contributed by atoms with van der Waals surface area (Å²) in [6.07, 6.45) is 0. The molecule has 0 aliphatic heterocycles. The van der Waals surface area contributed by atoms with E-state index in [0.29, 0.717) is 21.0 Å². The van der Waals surface area contributed by atoms with Crippen molar-refractivity contribution in [2.45, 2.75) is 6.61 Å². The monoisotopic (exact) mass is 357 g/mol. The van der Waals surface area contributed by atoms with E-state index >= 15 is 0 Å². The fraction of sp³-hybridized carbons (Fsp3) is 0.0833. The van der Waals surface area contributed by atoms with E-state index < -0.39 is 4.92 Å². The minimum absolute atomic E-state index is 0.0205. The van der Waals surface area contributed by atoms with Crippen molar-refractivity contribution in [2.75, 3.05) is 5.73 Å². The number of anilines is 1. The molecule has 0 bridgehead atoms. The van der Waals surface area contributed by atoms with Crippen LogP contribution in [0.3, 0.4) is 0 Å². The summed E-state index contributed by atoms with van der Waals surface area (Å²) < 4.78 is 5.94. The van der Waals surface area contributed by atoms with Crippen molar-refractivity contribution in [3.63, 3.8) is 0 Å². The average Bonchev–Trinajstić information content (AvgIpc) is 2.40. The van der Waals surface area contributed by atoms with Gasteiger partial charge in [0.05, 0.1) is 20.1 Å². The number of nitro groups is 1. The molecule has 0 radical (unpaired) electrons. The van der Waals surface area contributed by atoms with Gasteiger partial charge in [0.1, 0.15) is 12.4 Å². The highest BCUT2D eigenvalue weighted by atomic mass is 79.9. The molecule has 1 heterocycles. The van der Waals surface area contributed by atoms with Crippen LogP contribution in [0.25, 0.3) is 0 Å². The Bertz CT molecular complexity index is 666. The molecule has 2 N–H and O–H groups in total. The summed E-state index contributed by atoms with van der Waals surface area (Å²) in [5, 5.41) is 11.3. The van der Waals surface area contributed by atoms with E-state index in [2.05, 4.69) is 20.9 Å². The lowest BCUT2D eigenvalue weighted by Gasteiger charge is -2.09. The fourth-order valence-corrected chi connectivity index (χ4v) is 2.16. The van der Waals surface area contributed by atoms with Crippen molar-refractivity contribution >= 4 is 39.0 Å². The molecule has 2 rings (SSSR count). The molecule has 0 saturated carbocycles. The maximum atomic E-state index is 10.9. The van der Waals surface area contributed by atoms with Gasteiger partial charge in [-0.05, 0) is 34.1 Å². The third-order valence-electron chi connectivity index (χ3n) is 2.44. The number of rotatable bonds is 4. The second-order valence-corrected chi connectivity index (χ2v) is 5.06. The minimum Gasteiger partial charge on any atom is -0.479 e. The highest BCUT2D eigenvalue weighted by Gasteiger charge is 2.18. The molecule has 2 aromatic rings. The van der Waals surface area contributed by atoms with Crippen LogP contribution in [0.5, 0.6) is 5.75 Å². The van der Waals surface area contributed by atoms with Gasteiger partial charge in [-0.3, -0.25) is 10.1 Å². The SMILES string of the molecule is Nc1ccc(Cl)c(COc2c(Br)cccc2[N+](=O)[O-])n1. The highest BCUT2D eigenvalue weighted by molar-refractivity contribution is 9.10. The van der Waals surface area contributed by atoms with Crippen LogP contribution in [0.4, 0.5) is 11.5 Å². The van der Waals surface area contributed by atoms with Crippen LogP contribution in [0.1, 0.15) is 5.69 Å². The first-order valence-electron chi connectivity index (χ1n) is 5.45. The first-order valence-corrected chi connectivity index (χ1v) is 6.62. The molecule has 0 unspecified atom stereocenters. The van der Waals surface area contributed by atoms with E-state index in [0.717, 1.165) is 0 Å². The molecule has 0 aliphatic carbocycles. The third-order valence-corrected chi connectivity index (χ3v) is 3.40. The van der Waals surface area contributed by atoms with E-state index in [1.165, 1.54) is 6.07 Å². The summed E-state index contributed by atoms with van der Waals surface area (Å²) in [4.78, 5) is 14.5. The van der Waals surface area contributed by atoms with E-state index in [4.69, 9.17) is 22.1 Å². The van der Waals surface area contributed by atoms with Crippen molar-refractivity contribution in [3.05, 3.63) is 55.6 Å². The van der Waals surface area contributed by atoms with Crippen molar-refractivity contribution in [3.8, 4) is 5.75 Å². The molecule has 20 heavy (non-hydrogen) atoms. The van der Waals surface area contributed by atoms with Gasteiger partial charge in [-0.25, -0.2) is 4.98 Å². The summed E-state index contributed by atoms with van der Waals surface area (Å²) in [5.41, 5.74) is 5.84. The Hall–Kier alpha value is -1.86. The number of hydrogen-bond donors (Lipinski definition) is 1. The van der Waals surface area contributed by atoms with Gasteiger partial charge in [0, 0.05) is 6.07 Å². The van der Waals surface area contributed by atoms with Gasteiger partial charge in [0.15, 0.2) is 0 Å². The Balaban J connectivity index is 2.27. The summed E-state index contributed by atoms with van der Waals surface area (Å²) >= 11 is 9.18. The maximum Gasteiger partial charge on any atom is 0.312 e. The van der Waals surface area contributed by atoms with Crippen LogP contribution in [-0.2, 0) is 6.61 Å². The zero-order chi connectivity index (χ0) is 14.7. The number of aromatic nitrogens is 1. The van der Waals surface area contributed by atoms with Gasteiger partial charge in [-0.15, -0.1) is 0 Å². The molecule has 0 aliphatic rings. The van der Waals surface area contributed by atoms with Crippen LogP contribution in [0.2, 0.25) is 5.02 Å². The van der Waals surface area contributed by atoms with Crippen molar-refractivity contribution in [1.82, 2.24) is 4.98 Å². The van der Waals surface area contributed by atoms with Crippen LogP contribution >= 0.6 is 27.5 Å². The van der Waals surface area contributed by atoms with Crippen LogP contribution in [0.15, 0.2) is 34.8 Å². The maximum absolute atomic E-state index is 10.9. The van der Waals surface area contributed by atoms with Gasteiger partial charge < -0.3 is 10.5 Å². The standard InChI is InChI=1S/C12H9BrClN3O3/c13-7-2-1-3-10(17(18)19)12(7)20-6-9-8(14)4-5-11(15)16-9/h1-5H,6H2,(H2,15,16). The number of halogens is 2. The third kappa shape index (κ3) is 3.17. The Morgan fingerprint density at radius 2 is 2.15 bits per heavy atom. The second-order valence-electron chi connectivity index (χ2n) is 3.80. The molecular formula is C12H9BrClN3O3. The minimum atomic E-state index is -0.519. The van der Waals surface area contributed by atoms with Crippen LogP contribution in [-0.4, -0.2) is 9.91 Å². The Labute approximate surface area is 127 Å². The quantitative estimate of drug-likeness (QED) is 0.666. The molecule has 0 amide bonds. The molecule has 104 valence electrons. The molecule has 0 saturated heterocycles. The number of pyridine rings is 1. The highest BCUT2D eigenvalue weighted by Crippen LogP contribution is 2.35. The normalized spacial score (nSPS) is 10.3. The van der Waals surface area contributed by atoms with Crippen molar-refractivity contribution in [2.24, 2.45) is 0 Å². The molecule has 0 spiro atoms. The van der Waals surface area contributed by atoms with Crippen molar-refractivity contribution < 1.29 is 9.66 Å². The Morgan fingerprint density at radius 1 is 1.40 bits per heavy atom. The van der Waals surface area contributed by atoms with E-state index in [1.54, 1.807) is 24.3 Å².